The number of ether oxygens (including phenoxy) is 1. The molecule has 0 spiro atoms. The molecule has 1 fully saturated rings. The lowest BCUT2D eigenvalue weighted by atomic mass is 10.1. The van der Waals surface area contributed by atoms with Crippen molar-refractivity contribution in [3.63, 3.8) is 0 Å². The molecule has 3 heteroatoms. The topological polar surface area (TPSA) is 38.5 Å². The van der Waals surface area contributed by atoms with Crippen molar-refractivity contribution >= 4 is 5.69 Å². The molecular formula is C17H28N2O. The molecule has 0 bridgehead atoms. The second-order valence-corrected chi connectivity index (χ2v) is 6.24. The van der Waals surface area contributed by atoms with E-state index < -0.39 is 0 Å². The summed E-state index contributed by atoms with van der Waals surface area (Å²) in [4.78, 5) is 2.54. The predicted octanol–water partition coefficient (Wildman–Crippen LogP) is 3.30. The highest BCUT2D eigenvalue weighted by molar-refractivity contribution is 5.39. The molecule has 0 radical (unpaired) electrons. The van der Waals surface area contributed by atoms with Crippen LogP contribution < -0.4 is 5.73 Å². The Kier molecular flexibility index (Phi) is 5.86. The quantitative estimate of drug-likeness (QED) is 0.555. The lowest BCUT2D eigenvalue weighted by Crippen LogP contribution is -2.29. The Balaban J connectivity index is 1.72. The van der Waals surface area contributed by atoms with Crippen molar-refractivity contribution in [2.75, 3.05) is 25.5 Å². The van der Waals surface area contributed by atoms with E-state index in [-0.39, 0.29) is 0 Å². The molecule has 0 saturated heterocycles. The first kappa shape index (κ1) is 15.3. The van der Waals surface area contributed by atoms with Crippen LogP contribution in [0, 0.1) is 5.92 Å². The fourth-order valence-electron chi connectivity index (χ4n) is 2.29. The van der Waals surface area contributed by atoms with E-state index >= 15 is 0 Å². The summed E-state index contributed by atoms with van der Waals surface area (Å²) in [5, 5.41) is 0. The molecular weight excluding hydrogens is 248 g/mol. The molecule has 112 valence electrons. The molecule has 2 N–H and O–H groups in total. The van der Waals surface area contributed by atoms with Crippen LogP contribution in [-0.4, -0.2) is 30.7 Å². The maximum absolute atomic E-state index is 5.75. The van der Waals surface area contributed by atoms with Gasteiger partial charge in [-0.2, -0.15) is 0 Å². The highest BCUT2D eigenvalue weighted by Gasteiger charge is 2.28. The van der Waals surface area contributed by atoms with E-state index in [0.29, 0.717) is 0 Å². The van der Waals surface area contributed by atoms with Crippen LogP contribution in [0.2, 0.25) is 0 Å². The van der Waals surface area contributed by atoms with Gasteiger partial charge in [-0.15, -0.1) is 0 Å². The van der Waals surface area contributed by atoms with Gasteiger partial charge in [0, 0.05) is 31.4 Å². The normalized spacial score (nSPS) is 15.2. The zero-order chi connectivity index (χ0) is 14.4. The summed E-state index contributed by atoms with van der Waals surface area (Å²) in [7, 11) is 0. The first-order valence-electron chi connectivity index (χ1n) is 7.81. The Hall–Kier alpha value is -1.06. The van der Waals surface area contributed by atoms with Crippen LogP contribution in [0.3, 0.4) is 0 Å². The van der Waals surface area contributed by atoms with E-state index in [1.54, 1.807) is 0 Å². The van der Waals surface area contributed by atoms with Crippen molar-refractivity contribution in [3.05, 3.63) is 29.8 Å². The van der Waals surface area contributed by atoms with Crippen molar-refractivity contribution in [1.82, 2.24) is 4.90 Å². The van der Waals surface area contributed by atoms with Crippen LogP contribution in [-0.2, 0) is 11.3 Å². The number of hydrogen-bond donors (Lipinski definition) is 1. The number of hydrogen-bond acceptors (Lipinski definition) is 3. The summed E-state index contributed by atoms with van der Waals surface area (Å²) in [6.45, 7) is 8.25. The summed E-state index contributed by atoms with van der Waals surface area (Å²) < 4.78 is 5.75. The highest BCUT2D eigenvalue weighted by atomic mass is 16.5. The molecule has 0 heterocycles. The molecule has 0 unspecified atom stereocenters. The molecule has 3 nitrogen and oxygen atoms in total. The minimum absolute atomic E-state index is 0.726. The number of nitrogens with zero attached hydrogens (tertiary/aromatic N) is 1. The Morgan fingerprint density at radius 2 is 1.90 bits per heavy atom. The lowest BCUT2D eigenvalue weighted by molar-refractivity contribution is 0.0912. The molecule has 0 amide bonds. The van der Waals surface area contributed by atoms with Crippen LogP contribution in [0.5, 0.6) is 0 Å². The molecule has 20 heavy (non-hydrogen) atoms. The number of anilines is 1. The number of benzene rings is 1. The van der Waals surface area contributed by atoms with E-state index in [9.17, 15) is 0 Å². The molecule has 1 aliphatic rings. The Labute approximate surface area is 123 Å². The van der Waals surface area contributed by atoms with E-state index in [1.807, 2.05) is 12.1 Å². The zero-order valence-electron chi connectivity index (χ0n) is 12.8. The average Bonchev–Trinajstić information content (AvgIpc) is 3.23. The fraction of sp³-hybridized carbons (Fsp3) is 0.647. The Bertz CT molecular complexity index is 384. The fourth-order valence-corrected chi connectivity index (χ4v) is 2.29. The molecule has 1 aliphatic carbocycles. The maximum Gasteiger partial charge on any atom is 0.0593 e. The first-order valence-corrected chi connectivity index (χ1v) is 7.81. The minimum atomic E-state index is 0.726. The smallest absolute Gasteiger partial charge is 0.0593 e. The maximum atomic E-state index is 5.75. The van der Waals surface area contributed by atoms with Crippen molar-refractivity contribution in [2.24, 2.45) is 5.92 Å². The predicted molar refractivity (Wildman–Crippen MR) is 84.6 cm³/mol. The van der Waals surface area contributed by atoms with Crippen molar-refractivity contribution in [2.45, 2.75) is 45.7 Å². The van der Waals surface area contributed by atoms with Crippen LogP contribution in [0.1, 0.15) is 38.7 Å². The van der Waals surface area contributed by atoms with Crippen LogP contribution in [0.15, 0.2) is 24.3 Å². The second-order valence-electron chi connectivity index (χ2n) is 6.24. The lowest BCUT2D eigenvalue weighted by Gasteiger charge is -2.22. The van der Waals surface area contributed by atoms with Gasteiger partial charge in [0.2, 0.25) is 0 Å². The summed E-state index contributed by atoms with van der Waals surface area (Å²) in [5.41, 5.74) is 7.91. The van der Waals surface area contributed by atoms with Crippen LogP contribution >= 0.6 is 0 Å². The SMILES string of the molecule is CC(C)CCOCCN(Cc1ccc(N)cc1)C1CC1. The van der Waals surface area contributed by atoms with E-state index in [2.05, 4.69) is 30.9 Å². The number of nitrogens with two attached hydrogens (primary N) is 1. The monoisotopic (exact) mass is 276 g/mol. The van der Waals surface area contributed by atoms with Gasteiger partial charge in [-0.25, -0.2) is 0 Å². The third-order valence-electron chi connectivity index (χ3n) is 3.79. The van der Waals surface area contributed by atoms with Gasteiger partial charge in [0.05, 0.1) is 6.61 Å². The molecule has 1 aromatic rings. The van der Waals surface area contributed by atoms with E-state index in [0.717, 1.165) is 50.4 Å². The van der Waals surface area contributed by atoms with Gasteiger partial charge in [0.15, 0.2) is 0 Å². The largest absolute Gasteiger partial charge is 0.399 e. The first-order chi connectivity index (χ1) is 9.65. The number of rotatable bonds is 9. The van der Waals surface area contributed by atoms with Gasteiger partial charge >= 0.3 is 0 Å². The molecule has 0 atom stereocenters. The van der Waals surface area contributed by atoms with Crippen molar-refractivity contribution < 1.29 is 4.74 Å². The summed E-state index contributed by atoms with van der Waals surface area (Å²) in [6.07, 6.45) is 3.82. The molecule has 1 aromatic carbocycles. The van der Waals surface area contributed by atoms with Crippen LogP contribution in [0.25, 0.3) is 0 Å². The molecule has 1 saturated carbocycles. The van der Waals surface area contributed by atoms with E-state index in [4.69, 9.17) is 10.5 Å². The number of nitrogen functional groups attached to an aromatic ring is 1. The summed E-state index contributed by atoms with van der Waals surface area (Å²) in [5.74, 6) is 0.726. The van der Waals surface area contributed by atoms with Crippen molar-refractivity contribution in [3.8, 4) is 0 Å². The molecule has 0 aromatic heterocycles. The Morgan fingerprint density at radius 1 is 1.20 bits per heavy atom. The third-order valence-corrected chi connectivity index (χ3v) is 3.79. The zero-order valence-corrected chi connectivity index (χ0v) is 12.8. The van der Waals surface area contributed by atoms with Gasteiger partial charge in [-0.3, -0.25) is 4.90 Å². The highest BCUT2D eigenvalue weighted by Crippen LogP contribution is 2.28. The van der Waals surface area contributed by atoms with Gasteiger partial charge in [-0.05, 0) is 42.9 Å². The Morgan fingerprint density at radius 3 is 2.50 bits per heavy atom. The van der Waals surface area contributed by atoms with Gasteiger partial charge in [0.25, 0.3) is 0 Å². The standard InChI is InChI=1S/C17H28N2O/c1-14(2)9-11-20-12-10-19(17-7-8-17)13-15-3-5-16(18)6-4-15/h3-6,14,17H,7-13,18H2,1-2H3. The van der Waals surface area contributed by atoms with Gasteiger partial charge in [-0.1, -0.05) is 26.0 Å². The second kappa shape index (κ2) is 7.65. The third kappa shape index (κ3) is 5.51. The summed E-state index contributed by atoms with van der Waals surface area (Å²) in [6, 6.07) is 8.99. The molecule has 0 aliphatic heterocycles. The van der Waals surface area contributed by atoms with E-state index in [1.165, 1.54) is 18.4 Å². The average molecular weight is 276 g/mol. The van der Waals surface area contributed by atoms with Gasteiger partial charge in [0.1, 0.15) is 0 Å². The minimum Gasteiger partial charge on any atom is -0.399 e. The molecule has 2 rings (SSSR count). The van der Waals surface area contributed by atoms with Crippen molar-refractivity contribution in [1.29, 1.82) is 0 Å². The summed E-state index contributed by atoms with van der Waals surface area (Å²) >= 11 is 0. The van der Waals surface area contributed by atoms with Gasteiger partial charge < -0.3 is 10.5 Å². The van der Waals surface area contributed by atoms with Crippen LogP contribution in [0.4, 0.5) is 5.69 Å².